The summed E-state index contributed by atoms with van der Waals surface area (Å²) in [7, 11) is 3.42. The summed E-state index contributed by atoms with van der Waals surface area (Å²) in [6, 6.07) is 10.1. The number of nitrogens with zero attached hydrogens (tertiary/aromatic N) is 4. The number of rotatable bonds is 5. The first-order valence-electron chi connectivity index (χ1n) is 10.0. The van der Waals surface area contributed by atoms with Crippen molar-refractivity contribution < 1.29 is 14.3 Å². The van der Waals surface area contributed by atoms with E-state index in [1.807, 2.05) is 23.6 Å². The molecule has 3 heterocycles. The molecule has 1 aliphatic heterocycles. The van der Waals surface area contributed by atoms with Crippen LogP contribution in [-0.4, -0.2) is 71.0 Å². The number of likely N-dealkylation sites (N-methyl/N-ethyl adjacent to an activating group) is 1. The molecule has 1 saturated heterocycles. The maximum Gasteiger partial charge on any atom is 0.274 e. The Kier molecular flexibility index (Phi) is 6.11. The number of carbonyl (C=O) groups excluding carboxylic acids is 2. The maximum absolute atomic E-state index is 13.4. The van der Waals surface area contributed by atoms with Gasteiger partial charge in [0.05, 0.1) is 19.3 Å². The smallest absolute Gasteiger partial charge is 0.274 e. The SMILES string of the molecule is CN(C)C(=O)C1(Cc2ccccc2-c2ccsc2)CN(C(=O)c2cnccn2)CCO1. The highest BCUT2D eigenvalue weighted by Crippen LogP contribution is 2.32. The zero-order valence-corrected chi connectivity index (χ0v) is 18.3. The Morgan fingerprint density at radius 1 is 1.23 bits per heavy atom. The van der Waals surface area contributed by atoms with Crippen LogP contribution in [0.4, 0.5) is 0 Å². The summed E-state index contributed by atoms with van der Waals surface area (Å²) in [5.74, 6) is -0.414. The van der Waals surface area contributed by atoms with Gasteiger partial charge in [-0.2, -0.15) is 11.3 Å². The third kappa shape index (κ3) is 4.35. The molecular formula is C23H24N4O3S. The van der Waals surface area contributed by atoms with Crippen LogP contribution in [0.5, 0.6) is 0 Å². The molecular weight excluding hydrogens is 412 g/mol. The van der Waals surface area contributed by atoms with Gasteiger partial charge in [-0.25, -0.2) is 4.98 Å². The Balaban J connectivity index is 1.69. The highest BCUT2D eigenvalue weighted by molar-refractivity contribution is 7.08. The predicted molar refractivity (Wildman–Crippen MR) is 119 cm³/mol. The average Bonchev–Trinajstić information content (AvgIpc) is 3.34. The van der Waals surface area contributed by atoms with Gasteiger partial charge in [-0.3, -0.25) is 14.6 Å². The van der Waals surface area contributed by atoms with E-state index in [1.54, 1.807) is 30.3 Å². The van der Waals surface area contributed by atoms with E-state index in [9.17, 15) is 9.59 Å². The first kappa shape index (κ1) is 21.1. The third-order valence-corrected chi connectivity index (χ3v) is 6.06. The van der Waals surface area contributed by atoms with Gasteiger partial charge in [0.25, 0.3) is 11.8 Å². The van der Waals surface area contributed by atoms with Crippen molar-refractivity contribution in [1.82, 2.24) is 19.8 Å². The van der Waals surface area contributed by atoms with Gasteiger partial charge < -0.3 is 14.5 Å². The number of morpholine rings is 1. The fraction of sp³-hybridized carbons (Fsp3) is 0.304. The van der Waals surface area contributed by atoms with Crippen molar-refractivity contribution in [3.63, 3.8) is 0 Å². The molecule has 1 fully saturated rings. The molecule has 1 aromatic carbocycles. The summed E-state index contributed by atoms with van der Waals surface area (Å²) < 4.78 is 6.16. The van der Waals surface area contributed by atoms with E-state index < -0.39 is 5.60 Å². The van der Waals surface area contributed by atoms with Crippen molar-refractivity contribution in [1.29, 1.82) is 0 Å². The Bertz CT molecular complexity index is 1060. The Morgan fingerprint density at radius 3 is 2.77 bits per heavy atom. The van der Waals surface area contributed by atoms with Crippen molar-refractivity contribution in [2.75, 3.05) is 33.8 Å². The fourth-order valence-corrected chi connectivity index (χ4v) is 4.59. The normalized spacial score (nSPS) is 18.6. The van der Waals surface area contributed by atoms with Crippen LogP contribution in [0.3, 0.4) is 0 Å². The molecule has 0 bridgehead atoms. The van der Waals surface area contributed by atoms with E-state index in [0.29, 0.717) is 13.0 Å². The van der Waals surface area contributed by atoms with Gasteiger partial charge in [-0.15, -0.1) is 0 Å². The minimum atomic E-state index is -1.17. The topological polar surface area (TPSA) is 75.6 Å². The van der Waals surface area contributed by atoms with E-state index in [2.05, 4.69) is 27.5 Å². The van der Waals surface area contributed by atoms with Crippen LogP contribution < -0.4 is 0 Å². The number of benzene rings is 1. The molecule has 2 aromatic heterocycles. The third-order valence-electron chi connectivity index (χ3n) is 5.38. The van der Waals surface area contributed by atoms with Crippen LogP contribution in [0.1, 0.15) is 16.1 Å². The summed E-state index contributed by atoms with van der Waals surface area (Å²) in [6.45, 7) is 0.813. The van der Waals surface area contributed by atoms with E-state index in [0.717, 1.165) is 16.7 Å². The van der Waals surface area contributed by atoms with Crippen LogP contribution in [0.2, 0.25) is 0 Å². The largest absolute Gasteiger partial charge is 0.361 e. The van der Waals surface area contributed by atoms with Crippen molar-refractivity contribution >= 4 is 23.2 Å². The van der Waals surface area contributed by atoms with Crippen molar-refractivity contribution in [2.45, 2.75) is 12.0 Å². The lowest BCUT2D eigenvalue weighted by Crippen LogP contribution is -2.61. The van der Waals surface area contributed by atoms with E-state index >= 15 is 0 Å². The van der Waals surface area contributed by atoms with E-state index in [4.69, 9.17) is 4.74 Å². The molecule has 1 unspecified atom stereocenters. The van der Waals surface area contributed by atoms with Crippen molar-refractivity contribution in [3.8, 4) is 11.1 Å². The number of carbonyl (C=O) groups is 2. The molecule has 0 N–H and O–H groups in total. The molecule has 0 radical (unpaired) electrons. The van der Waals surface area contributed by atoms with Crippen LogP contribution in [0, 0.1) is 0 Å². The second-order valence-electron chi connectivity index (χ2n) is 7.71. The molecule has 0 aliphatic carbocycles. The highest BCUT2D eigenvalue weighted by Gasteiger charge is 2.46. The summed E-state index contributed by atoms with van der Waals surface area (Å²) in [5, 5.41) is 4.12. The number of aromatic nitrogens is 2. The molecule has 4 rings (SSSR count). The molecule has 7 nitrogen and oxygen atoms in total. The van der Waals surface area contributed by atoms with Gasteiger partial charge in [0.15, 0.2) is 5.60 Å². The van der Waals surface area contributed by atoms with Crippen LogP contribution >= 0.6 is 11.3 Å². The van der Waals surface area contributed by atoms with Crippen molar-refractivity contribution in [3.05, 3.63) is 70.9 Å². The number of thiophene rings is 1. The predicted octanol–water partition coefficient (Wildman–Crippen LogP) is 2.75. The second-order valence-corrected chi connectivity index (χ2v) is 8.49. The summed E-state index contributed by atoms with van der Waals surface area (Å²) in [6.07, 6.45) is 4.82. The summed E-state index contributed by atoms with van der Waals surface area (Å²) in [4.78, 5) is 37.7. The quantitative estimate of drug-likeness (QED) is 0.615. The molecule has 31 heavy (non-hydrogen) atoms. The highest BCUT2D eigenvalue weighted by atomic mass is 32.1. The van der Waals surface area contributed by atoms with E-state index in [-0.39, 0.29) is 30.7 Å². The number of hydrogen-bond acceptors (Lipinski definition) is 6. The van der Waals surface area contributed by atoms with Crippen molar-refractivity contribution in [2.24, 2.45) is 0 Å². The standard InChI is InChI=1S/C23H24N4O3S/c1-26(2)22(29)23(13-17-5-3-4-6-19(17)18-7-12-31-15-18)16-27(10-11-30-23)21(28)20-14-24-8-9-25-20/h3-9,12,14-15H,10-11,13,16H2,1-2H3. The number of hydrogen-bond donors (Lipinski definition) is 0. The summed E-state index contributed by atoms with van der Waals surface area (Å²) >= 11 is 1.63. The monoisotopic (exact) mass is 436 g/mol. The molecule has 1 atom stereocenters. The van der Waals surface area contributed by atoms with Gasteiger partial charge >= 0.3 is 0 Å². The van der Waals surface area contributed by atoms with Gasteiger partial charge in [0.2, 0.25) is 0 Å². The lowest BCUT2D eigenvalue weighted by atomic mass is 9.87. The fourth-order valence-electron chi connectivity index (χ4n) is 3.93. The van der Waals surface area contributed by atoms with Gasteiger partial charge in [0, 0.05) is 39.5 Å². The Hall–Kier alpha value is -3.10. The van der Waals surface area contributed by atoms with Gasteiger partial charge in [0.1, 0.15) is 5.69 Å². The molecule has 3 aromatic rings. The molecule has 8 heteroatoms. The molecule has 160 valence electrons. The summed E-state index contributed by atoms with van der Waals surface area (Å²) in [5.41, 5.74) is 2.26. The first-order chi connectivity index (χ1) is 15.0. The van der Waals surface area contributed by atoms with Crippen LogP contribution in [-0.2, 0) is 16.0 Å². The zero-order valence-electron chi connectivity index (χ0n) is 17.5. The first-order valence-corrected chi connectivity index (χ1v) is 11.0. The Labute approximate surface area is 185 Å². The van der Waals surface area contributed by atoms with Gasteiger partial charge in [-0.1, -0.05) is 24.3 Å². The molecule has 2 amide bonds. The van der Waals surface area contributed by atoms with E-state index in [1.165, 1.54) is 23.5 Å². The lowest BCUT2D eigenvalue weighted by Gasteiger charge is -2.43. The van der Waals surface area contributed by atoms with Crippen LogP contribution in [0.15, 0.2) is 59.7 Å². The molecule has 1 aliphatic rings. The minimum Gasteiger partial charge on any atom is -0.361 e. The number of amides is 2. The molecule has 0 spiro atoms. The Morgan fingerprint density at radius 2 is 2.06 bits per heavy atom. The maximum atomic E-state index is 13.4. The average molecular weight is 437 g/mol. The lowest BCUT2D eigenvalue weighted by molar-refractivity contribution is -0.165. The second kappa shape index (κ2) is 8.95. The molecule has 0 saturated carbocycles. The zero-order chi connectivity index (χ0) is 21.8. The number of ether oxygens (including phenoxy) is 1. The van der Waals surface area contributed by atoms with Gasteiger partial charge in [-0.05, 0) is 33.5 Å². The van der Waals surface area contributed by atoms with Crippen LogP contribution in [0.25, 0.3) is 11.1 Å². The minimum absolute atomic E-state index is 0.150.